The van der Waals surface area contributed by atoms with E-state index >= 15 is 0 Å². The lowest BCUT2D eigenvalue weighted by Crippen LogP contribution is -2.33. The molecule has 0 bridgehead atoms. The number of nitrogens with zero attached hydrogens (tertiary/aromatic N) is 1. The Labute approximate surface area is 111 Å². The van der Waals surface area contributed by atoms with Gasteiger partial charge in [0, 0.05) is 17.7 Å². The number of anilines is 1. The zero-order chi connectivity index (χ0) is 13.2. The van der Waals surface area contributed by atoms with Gasteiger partial charge in [0.25, 0.3) is 0 Å². The van der Waals surface area contributed by atoms with Crippen LogP contribution in [-0.2, 0) is 4.79 Å². The molecule has 0 saturated heterocycles. The van der Waals surface area contributed by atoms with Gasteiger partial charge in [-0.15, -0.1) is 11.3 Å². The number of rotatable bonds is 4. The molecule has 98 valence electrons. The van der Waals surface area contributed by atoms with Crippen molar-refractivity contribution in [1.29, 1.82) is 0 Å². The molecule has 0 aliphatic heterocycles. The maximum Gasteiger partial charge on any atom is 0.232 e. The van der Waals surface area contributed by atoms with Gasteiger partial charge in [0.2, 0.25) is 5.91 Å². The monoisotopic (exact) mass is 266 g/mol. The van der Waals surface area contributed by atoms with Crippen LogP contribution in [-0.4, -0.2) is 16.7 Å². The van der Waals surface area contributed by atoms with Crippen LogP contribution in [0.15, 0.2) is 5.38 Å². The van der Waals surface area contributed by atoms with Gasteiger partial charge in [0.15, 0.2) is 10.9 Å². The maximum absolute atomic E-state index is 12.3. The van der Waals surface area contributed by atoms with E-state index in [1.54, 1.807) is 5.38 Å². The molecule has 0 atom stereocenters. The summed E-state index contributed by atoms with van der Waals surface area (Å²) in [5.74, 6) is -0.00947. The van der Waals surface area contributed by atoms with Crippen LogP contribution in [0.3, 0.4) is 0 Å². The van der Waals surface area contributed by atoms with E-state index in [0.29, 0.717) is 10.8 Å². The number of thiazole rings is 1. The van der Waals surface area contributed by atoms with E-state index in [-0.39, 0.29) is 17.1 Å². The molecule has 1 saturated carbocycles. The van der Waals surface area contributed by atoms with Crippen LogP contribution in [0.2, 0.25) is 0 Å². The van der Waals surface area contributed by atoms with Crippen molar-refractivity contribution >= 4 is 28.2 Å². The molecule has 4 nitrogen and oxygen atoms in total. The summed E-state index contributed by atoms with van der Waals surface area (Å²) in [5, 5.41) is 5.09. The molecule has 1 aromatic heterocycles. The molecule has 1 amide bonds. The van der Waals surface area contributed by atoms with Gasteiger partial charge in [-0.3, -0.25) is 9.59 Å². The first kappa shape index (κ1) is 13.2. The second kappa shape index (κ2) is 5.18. The smallest absolute Gasteiger partial charge is 0.232 e. The molecular weight excluding hydrogens is 248 g/mol. The highest BCUT2D eigenvalue weighted by atomic mass is 32.1. The molecule has 0 radical (unpaired) electrons. The van der Waals surface area contributed by atoms with Gasteiger partial charge in [-0.25, -0.2) is 4.98 Å². The van der Waals surface area contributed by atoms with E-state index in [2.05, 4.69) is 17.2 Å². The van der Waals surface area contributed by atoms with E-state index in [4.69, 9.17) is 0 Å². The standard InChI is InChI=1S/C13H18N2O2S/c1-3-13(6-4-5-7-13)11(17)15-12-14-10(8-18-12)9(2)16/h8H,3-7H2,1-2H3,(H,14,15,17). The van der Waals surface area contributed by atoms with Crippen LogP contribution in [0.25, 0.3) is 0 Å². The first-order chi connectivity index (χ1) is 8.57. The Morgan fingerprint density at radius 3 is 2.61 bits per heavy atom. The minimum absolute atomic E-state index is 0.0620. The highest BCUT2D eigenvalue weighted by molar-refractivity contribution is 7.14. The largest absolute Gasteiger partial charge is 0.301 e. The second-order valence-electron chi connectivity index (χ2n) is 4.89. The number of hydrogen-bond acceptors (Lipinski definition) is 4. The lowest BCUT2D eigenvalue weighted by atomic mass is 9.82. The summed E-state index contributed by atoms with van der Waals surface area (Å²) in [4.78, 5) is 27.6. The summed E-state index contributed by atoms with van der Waals surface area (Å²) >= 11 is 1.31. The molecule has 1 fully saturated rings. The maximum atomic E-state index is 12.3. The zero-order valence-electron chi connectivity index (χ0n) is 10.8. The van der Waals surface area contributed by atoms with Gasteiger partial charge in [0.1, 0.15) is 5.69 Å². The third kappa shape index (κ3) is 2.46. The van der Waals surface area contributed by atoms with E-state index in [1.165, 1.54) is 18.3 Å². The molecular formula is C13H18N2O2S. The predicted octanol–water partition coefficient (Wildman–Crippen LogP) is 3.25. The average molecular weight is 266 g/mol. The summed E-state index contributed by atoms with van der Waals surface area (Å²) in [6.07, 6.45) is 5.03. The quantitative estimate of drug-likeness (QED) is 0.851. The van der Waals surface area contributed by atoms with Gasteiger partial charge in [-0.2, -0.15) is 0 Å². The zero-order valence-corrected chi connectivity index (χ0v) is 11.6. The lowest BCUT2D eigenvalue weighted by Gasteiger charge is -2.25. The summed E-state index contributed by atoms with van der Waals surface area (Å²) in [7, 11) is 0. The van der Waals surface area contributed by atoms with Gasteiger partial charge in [-0.1, -0.05) is 19.8 Å². The first-order valence-electron chi connectivity index (χ1n) is 6.35. The SMILES string of the molecule is CCC1(C(=O)Nc2nc(C(C)=O)cs2)CCCC1. The van der Waals surface area contributed by atoms with Gasteiger partial charge < -0.3 is 5.32 Å². The van der Waals surface area contributed by atoms with E-state index in [9.17, 15) is 9.59 Å². The number of Topliss-reactive ketones (excluding diaryl/α,β-unsaturated/α-hetero) is 1. The van der Waals surface area contributed by atoms with Crippen molar-refractivity contribution in [2.75, 3.05) is 5.32 Å². The molecule has 1 heterocycles. The fourth-order valence-electron chi connectivity index (χ4n) is 2.52. The Bertz CT molecular complexity index is 461. The molecule has 18 heavy (non-hydrogen) atoms. The Balaban J connectivity index is 2.08. The predicted molar refractivity (Wildman–Crippen MR) is 71.9 cm³/mol. The second-order valence-corrected chi connectivity index (χ2v) is 5.75. The molecule has 1 N–H and O–H groups in total. The molecule has 0 aromatic carbocycles. The topological polar surface area (TPSA) is 59.1 Å². The van der Waals surface area contributed by atoms with Crippen molar-refractivity contribution in [3.8, 4) is 0 Å². The summed E-state index contributed by atoms with van der Waals surface area (Å²) in [6, 6.07) is 0. The normalized spacial score (nSPS) is 17.7. The minimum Gasteiger partial charge on any atom is -0.301 e. The van der Waals surface area contributed by atoms with Crippen LogP contribution >= 0.6 is 11.3 Å². The van der Waals surface area contributed by atoms with Crippen molar-refractivity contribution in [1.82, 2.24) is 4.98 Å². The number of carbonyl (C=O) groups is 2. The Morgan fingerprint density at radius 1 is 1.44 bits per heavy atom. The van der Waals surface area contributed by atoms with Crippen molar-refractivity contribution in [2.24, 2.45) is 5.41 Å². The summed E-state index contributed by atoms with van der Waals surface area (Å²) in [6.45, 7) is 3.54. The Morgan fingerprint density at radius 2 is 2.11 bits per heavy atom. The van der Waals surface area contributed by atoms with E-state index < -0.39 is 0 Å². The van der Waals surface area contributed by atoms with Crippen LogP contribution in [0.5, 0.6) is 0 Å². The van der Waals surface area contributed by atoms with Crippen molar-refractivity contribution in [3.05, 3.63) is 11.1 Å². The van der Waals surface area contributed by atoms with Crippen LogP contribution in [0.4, 0.5) is 5.13 Å². The van der Waals surface area contributed by atoms with Crippen molar-refractivity contribution in [2.45, 2.75) is 46.0 Å². The van der Waals surface area contributed by atoms with Crippen LogP contribution in [0, 0.1) is 5.41 Å². The summed E-state index contributed by atoms with van der Waals surface area (Å²) < 4.78 is 0. The Kier molecular flexibility index (Phi) is 3.80. The van der Waals surface area contributed by atoms with Crippen molar-refractivity contribution < 1.29 is 9.59 Å². The van der Waals surface area contributed by atoms with E-state index in [0.717, 1.165) is 32.1 Å². The van der Waals surface area contributed by atoms with Crippen LogP contribution < -0.4 is 5.32 Å². The number of amides is 1. The molecule has 0 unspecified atom stereocenters. The average Bonchev–Trinajstić information content (AvgIpc) is 2.97. The number of carbonyl (C=O) groups excluding carboxylic acids is 2. The highest BCUT2D eigenvalue weighted by Gasteiger charge is 2.39. The fourth-order valence-corrected chi connectivity index (χ4v) is 3.26. The van der Waals surface area contributed by atoms with Gasteiger partial charge >= 0.3 is 0 Å². The third-order valence-electron chi connectivity index (χ3n) is 3.80. The van der Waals surface area contributed by atoms with Crippen LogP contribution in [0.1, 0.15) is 56.4 Å². The lowest BCUT2D eigenvalue weighted by molar-refractivity contribution is -0.125. The number of nitrogens with one attached hydrogen (secondary N) is 1. The van der Waals surface area contributed by atoms with Crippen molar-refractivity contribution in [3.63, 3.8) is 0 Å². The van der Waals surface area contributed by atoms with Gasteiger partial charge in [0.05, 0.1) is 0 Å². The first-order valence-corrected chi connectivity index (χ1v) is 7.23. The third-order valence-corrected chi connectivity index (χ3v) is 4.56. The fraction of sp³-hybridized carbons (Fsp3) is 0.615. The number of aromatic nitrogens is 1. The number of hydrogen-bond donors (Lipinski definition) is 1. The molecule has 2 rings (SSSR count). The molecule has 0 spiro atoms. The minimum atomic E-state index is -0.220. The summed E-state index contributed by atoms with van der Waals surface area (Å²) in [5.41, 5.74) is 0.203. The molecule has 1 aliphatic rings. The molecule has 1 aromatic rings. The number of ketones is 1. The molecule has 1 aliphatic carbocycles. The Hall–Kier alpha value is -1.23. The van der Waals surface area contributed by atoms with E-state index in [1.807, 2.05) is 0 Å². The van der Waals surface area contributed by atoms with Gasteiger partial charge in [-0.05, 0) is 19.3 Å². The molecule has 5 heteroatoms. The highest BCUT2D eigenvalue weighted by Crippen LogP contribution is 2.41.